The maximum absolute atomic E-state index is 16.1. The summed E-state index contributed by atoms with van der Waals surface area (Å²) in [5.41, 5.74) is 22.7. The van der Waals surface area contributed by atoms with Gasteiger partial charge in [0.2, 0.25) is 0 Å². The Morgan fingerprint density at radius 1 is 0.192 bits per heavy atom. The lowest BCUT2D eigenvalue weighted by molar-refractivity contribution is 0.298. The molecule has 0 aromatic heterocycles. The van der Waals surface area contributed by atoms with Crippen LogP contribution in [0.4, 0.5) is 0 Å². The van der Waals surface area contributed by atoms with Crippen LogP contribution in [0.1, 0.15) is 70.8 Å². The topological polar surface area (TPSA) is 44.8 Å². The van der Waals surface area contributed by atoms with Gasteiger partial charge in [0.05, 0.1) is 0 Å². The van der Waals surface area contributed by atoms with Crippen LogP contribution < -0.4 is 13.6 Å². The fraction of sp³-hybridized carbons (Fsp3) is 0.0909. The summed E-state index contributed by atoms with van der Waals surface area (Å²) in [5, 5.41) is 0. The van der Waals surface area contributed by atoms with Gasteiger partial charge < -0.3 is 13.6 Å². The predicted octanol–water partition coefficient (Wildman–Crippen LogP) is 26.0. The largest absolute Gasteiger partial charge is 0.647 e. The number of hydrogen-bond donors (Lipinski definition) is 0. The van der Waals surface area contributed by atoms with Crippen molar-refractivity contribution in [1.29, 1.82) is 0 Å². The first-order valence-corrected chi connectivity index (χ1v) is 37.3. The van der Waals surface area contributed by atoms with Gasteiger partial charge in [-0.3, -0.25) is 0 Å². The zero-order chi connectivity index (χ0) is 70.8. The molecular weight excluding hydrogens is 1280 g/mol. The summed E-state index contributed by atoms with van der Waals surface area (Å²) in [6.45, 7) is 6.90. The molecule has 0 aliphatic heterocycles. The monoisotopic (exact) mass is 1360 g/mol. The molecule has 0 amide bonds. The molecule has 0 N–H and O–H groups in total. The highest BCUT2D eigenvalue weighted by molar-refractivity contribution is 7.49. The second kappa shape index (κ2) is 30.2. The van der Waals surface area contributed by atoms with Crippen molar-refractivity contribution in [2.24, 2.45) is 0 Å². The average molecular weight is 1370 g/mol. The van der Waals surface area contributed by atoms with Crippen LogP contribution in [0, 0.1) is 0 Å². The molecule has 3 unspecified atom stereocenters. The SMILES string of the molecule is CC(Cc1ccc(-c2ccccc2)cc1)(c1ccc(OP(=O)(Oc2ccc(C(C)(Cc3ccc(-c4ccccc4)cc3)c3ccc(-c4ccccc4)cc3)cc2)Oc2ccc(C(C)(Cc3ccc(-c4ccccc4)cc3)c3ccc(-c4ccccc4)cc3)cc2)cc1)c1ccc(-c2ccccc2)cc1. The third kappa shape index (κ3) is 15.3. The Bertz CT molecular complexity index is 4780. The Morgan fingerprint density at radius 3 is 0.510 bits per heavy atom. The van der Waals surface area contributed by atoms with Gasteiger partial charge in [-0.25, -0.2) is 0 Å². The summed E-state index contributed by atoms with van der Waals surface area (Å²) >= 11 is 0. The van der Waals surface area contributed by atoms with E-state index in [1.54, 1.807) is 0 Å². The van der Waals surface area contributed by atoms with Gasteiger partial charge in [0, 0.05) is 16.2 Å². The Balaban J connectivity index is 0.771. The number of phosphoric ester groups is 1. The van der Waals surface area contributed by atoms with Crippen molar-refractivity contribution in [3.8, 4) is 84.0 Å². The maximum Gasteiger partial charge on any atom is 0.647 e. The fourth-order valence-corrected chi connectivity index (χ4v) is 16.0. The van der Waals surface area contributed by atoms with Crippen LogP contribution in [0.5, 0.6) is 17.2 Å². The molecule has 3 atom stereocenters. The average Bonchev–Trinajstić information content (AvgIpc) is 0.785. The lowest BCUT2D eigenvalue weighted by atomic mass is 9.72. The molecule has 0 aliphatic carbocycles. The van der Waals surface area contributed by atoms with E-state index in [4.69, 9.17) is 13.6 Å². The standard InChI is InChI=1S/C99H81O4P/c1-97(88-52-46-85(47-53-88)79-28-16-7-17-29-79,70-73-34-40-82(41-35-73)76-22-10-4-11-23-76)91-58-64-94(65-59-91)101-104(100,102-95-66-60-92(61-67-95)98(2,89-54-48-86(49-55-89)80-30-18-8-19-31-80)71-74-36-42-83(43-37-74)77-24-12-5-13-25-77)103-96-68-62-93(63-69-96)99(3,90-56-50-87(51-57-90)81-32-20-9-21-33-81)72-75-38-44-84(45-39-75)78-26-14-6-15-27-78/h4-69H,70-72H2,1-3H3. The van der Waals surface area contributed by atoms with Crippen LogP contribution >= 0.6 is 7.82 Å². The molecule has 104 heavy (non-hydrogen) atoms. The molecule has 506 valence electrons. The van der Waals surface area contributed by atoms with Crippen LogP contribution in [0.2, 0.25) is 0 Å². The molecule has 5 heteroatoms. The predicted molar refractivity (Wildman–Crippen MR) is 431 cm³/mol. The minimum Gasteiger partial charge on any atom is -0.386 e. The van der Waals surface area contributed by atoms with E-state index in [2.05, 4.69) is 348 Å². The highest BCUT2D eigenvalue weighted by Gasteiger charge is 2.37. The highest BCUT2D eigenvalue weighted by Crippen LogP contribution is 2.52. The number of hydrogen-bond acceptors (Lipinski definition) is 4. The molecule has 15 aromatic rings. The molecule has 0 saturated heterocycles. The first-order valence-electron chi connectivity index (χ1n) is 35.8. The summed E-state index contributed by atoms with van der Waals surface area (Å²) in [5.74, 6) is 0.983. The molecule has 0 radical (unpaired) electrons. The molecule has 4 nitrogen and oxygen atoms in total. The van der Waals surface area contributed by atoms with E-state index < -0.39 is 24.1 Å². The highest BCUT2D eigenvalue weighted by atomic mass is 31.2. The van der Waals surface area contributed by atoms with Crippen LogP contribution in [-0.4, -0.2) is 0 Å². The molecule has 0 heterocycles. The van der Waals surface area contributed by atoms with E-state index in [0.29, 0.717) is 36.5 Å². The fourth-order valence-electron chi connectivity index (χ4n) is 14.8. The number of rotatable bonds is 24. The lowest BCUT2D eigenvalue weighted by Crippen LogP contribution is -2.27. The summed E-state index contributed by atoms with van der Waals surface area (Å²) in [6, 6.07) is 140. The summed E-state index contributed by atoms with van der Waals surface area (Å²) in [7, 11) is -4.59. The molecule has 15 rings (SSSR count). The van der Waals surface area contributed by atoms with Gasteiger partial charge in [-0.05, 0) is 172 Å². The molecule has 15 aromatic carbocycles. The van der Waals surface area contributed by atoms with E-state index in [-0.39, 0.29) is 0 Å². The quantitative estimate of drug-likeness (QED) is 0.0566. The second-order valence-corrected chi connectivity index (χ2v) is 29.3. The van der Waals surface area contributed by atoms with Gasteiger partial charge in [-0.2, -0.15) is 4.57 Å². The number of phosphoric acid groups is 1. The Kier molecular flexibility index (Phi) is 19.7. The molecular formula is C99H81O4P. The van der Waals surface area contributed by atoms with E-state index >= 15 is 4.57 Å². The normalized spacial score (nSPS) is 13.6. The van der Waals surface area contributed by atoms with Crippen LogP contribution in [0.15, 0.2) is 400 Å². The van der Waals surface area contributed by atoms with Gasteiger partial charge in [0.15, 0.2) is 0 Å². The van der Waals surface area contributed by atoms with Crippen LogP contribution in [0.25, 0.3) is 66.8 Å². The first-order chi connectivity index (χ1) is 50.9. The Labute approximate surface area is 612 Å². The van der Waals surface area contributed by atoms with Crippen molar-refractivity contribution < 1.29 is 18.1 Å². The van der Waals surface area contributed by atoms with Crippen molar-refractivity contribution >= 4 is 7.82 Å². The van der Waals surface area contributed by atoms with Gasteiger partial charge in [0.25, 0.3) is 0 Å². The zero-order valence-corrected chi connectivity index (χ0v) is 59.7. The van der Waals surface area contributed by atoms with Crippen LogP contribution in [0.3, 0.4) is 0 Å². The molecule has 0 saturated carbocycles. The first kappa shape index (κ1) is 67.7. The van der Waals surface area contributed by atoms with Crippen molar-refractivity contribution in [3.63, 3.8) is 0 Å². The van der Waals surface area contributed by atoms with E-state index in [0.717, 1.165) is 66.8 Å². The van der Waals surface area contributed by atoms with Crippen molar-refractivity contribution in [1.82, 2.24) is 0 Å². The third-order valence-electron chi connectivity index (χ3n) is 20.9. The van der Waals surface area contributed by atoms with E-state index in [9.17, 15) is 0 Å². The maximum atomic E-state index is 16.1. The minimum absolute atomic E-state index is 0.328. The summed E-state index contributed by atoms with van der Waals surface area (Å²) < 4.78 is 36.2. The molecule has 0 bridgehead atoms. The van der Waals surface area contributed by atoms with E-state index in [1.807, 2.05) is 72.8 Å². The van der Waals surface area contributed by atoms with Crippen molar-refractivity contribution in [2.45, 2.75) is 56.3 Å². The van der Waals surface area contributed by atoms with Gasteiger partial charge in [0.1, 0.15) is 17.2 Å². The zero-order valence-electron chi connectivity index (χ0n) is 58.8. The summed E-state index contributed by atoms with van der Waals surface area (Å²) in [4.78, 5) is 0. The third-order valence-corrected chi connectivity index (χ3v) is 22.2. The van der Waals surface area contributed by atoms with Gasteiger partial charge in [-0.15, -0.1) is 0 Å². The minimum atomic E-state index is -4.59. The molecule has 0 aliphatic rings. The second-order valence-electron chi connectivity index (χ2n) is 27.8. The lowest BCUT2D eigenvalue weighted by Gasteiger charge is -2.32. The molecule has 0 fully saturated rings. The van der Waals surface area contributed by atoms with Gasteiger partial charge in [-0.1, -0.05) is 385 Å². The van der Waals surface area contributed by atoms with Crippen molar-refractivity contribution in [3.05, 3.63) is 450 Å². The van der Waals surface area contributed by atoms with Crippen molar-refractivity contribution in [2.75, 3.05) is 0 Å². The Hall–Kier alpha value is -12.1. The Morgan fingerprint density at radius 2 is 0.337 bits per heavy atom. The van der Waals surface area contributed by atoms with E-state index in [1.165, 1.54) is 50.1 Å². The smallest absolute Gasteiger partial charge is 0.386 e. The van der Waals surface area contributed by atoms with Gasteiger partial charge >= 0.3 is 7.82 Å². The summed E-state index contributed by atoms with van der Waals surface area (Å²) in [6.07, 6.45) is 2.13. The molecule has 0 spiro atoms. The number of benzene rings is 15. The van der Waals surface area contributed by atoms with Crippen LogP contribution in [-0.2, 0) is 40.1 Å².